The van der Waals surface area contributed by atoms with Gasteiger partial charge in [0.15, 0.2) is 11.5 Å². The van der Waals surface area contributed by atoms with Crippen molar-refractivity contribution in [1.29, 1.82) is 0 Å². The van der Waals surface area contributed by atoms with Gasteiger partial charge in [-0.2, -0.15) is 0 Å². The van der Waals surface area contributed by atoms with Gasteiger partial charge in [-0.25, -0.2) is 23.5 Å². The Morgan fingerprint density at radius 1 is 1.27 bits per heavy atom. The zero-order valence-corrected chi connectivity index (χ0v) is 18.5. The number of sulfonamides is 1. The van der Waals surface area contributed by atoms with Gasteiger partial charge in [0.25, 0.3) is 5.56 Å². The monoisotopic (exact) mass is 450 g/mol. The molecule has 11 heteroatoms. The van der Waals surface area contributed by atoms with Crippen LogP contribution in [0.2, 0.25) is 5.15 Å². The highest BCUT2D eigenvalue weighted by Crippen LogP contribution is 2.23. The number of nitrogens with one attached hydrogen (secondary N) is 1. The minimum atomic E-state index is -3.81. The standard InChI is InChI=1S/C19H23ClN6O3S/c1-4-11(3)26-18-15(8-12(5-2)16(20)25-18)24-17(19(26)27)23-9-13-6-7-14(10-22-13)30(21,28)29/h6-8,10-11H,4-5,9H2,1-3H3,(H,23,24)(H2,21,28,29). The van der Waals surface area contributed by atoms with E-state index in [2.05, 4.69) is 20.3 Å². The Balaban J connectivity index is 2.02. The summed E-state index contributed by atoms with van der Waals surface area (Å²) >= 11 is 6.27. The number of pyridine rings is 2. The van der Waals surface area contributed by atoms with E-state index >= 15 is 0 Å². The van der Waals surface area contributed by atoms with Crippen LogP contribution in [0.3, 0.4) is 0 Å². The summed E-state index contributed by atoms with van der Waals surface area (Å²) < 4.78 is 24.3. The summed E-state index contributed by atoms with van der Waals surface area (Å²) in [4.78, 5) is 26.0. The second-order valence-corrected chi connectivity index (χ2v) is 8.83. The van der Waals surface area contributed by atoms with E-state index in [1.807, 2.05) is 26.8 Å². The molecule has 3 aromatic rings. The number of nitrogens with two attached hydrogens (primary N) is 1. The number of rotatable bonds is 7. The Hall–Kier alpha value is -2.56. The van der Waals surface area contributed by atoms with Gasteiger partial charge in [0.1, 0.15) is 15.6 Å². The summed E-state index contributed by atoms with van der Waals surface area (Å²) in [7, 11) is -3.81. The average Bonchev–Trinajstić information content (AvgIpc) is 2.71. The molecule has 1 unspecified atom stereocenters. The SMILES string of the molecule is CCc1cc2nc(NCc3ccc(S(N)(=O)=O)cn3)c(=O)n(C(C)CC)c2nc1Cl. The molecule has 0 aliphatic carbocycles. The van der Waals surface area contributed by atoms with Gasteiger partial charge >= 0.3 is 0 Å². The Labute approximate surface area is 179 Å². The average molecular weight is 451 g/mol. The van der Waals surface area contributed by atoms with E-state index < -0.39 is 10.0 Å². The number of halogens is 1. The van der Waals surface area contributed by atoms with E-state index in [-0.39, 0.29) is 28.9 Å². The first-order valence-electron chi connectivity index (χ1n) is 9.49. The zero-order valence-electron chi connectivity index (χ0n) is 16.9. The van der Waals surface area contributed by atoms with Crippen LogP contribution >= 0.6 is 11.6 Å². The Kier molecular flexibility index (Phi) is 6.39. The highest BCUT2D eigenvalue weighted by Gasteiger charge is 2.18. The first kappa shape index (κ1) is 22.1. The molecule has 3 rings (SSSR count). The highest BCUT2D eigenvalue weighted by atomic mass is 35.5. The smallest absolute Gasteiger partial charge is 0.295 e. The van der Waals surface area contributed by atoms with E-state index in [1.165, 1.54) is 18.3 Å². The fourth-order valence-electron chi connectivity index (χ4n) is 2.96. The molecule has 3 heterocycles. The Morgan fingerprint density at radius 3 is 2.57 bits per heavy atom. The maximum absolute atomic E-state index is 13.1. The maximum Gasteiger partial charge on any atom is 0.295 e. The lowest BCUT2D eigenvalue weighted by Gasteiger charge is -2.18. The lowest BCUT2D eigenvalue weighted by atomic mass is 10.2. The molecule has 3 N–H and O–H groups in total. The minimum Gasteiger partial charge on any atom is -0.360 e. The van der Waals surface area contributed by atoms with E-state index in [1.54, 1.807) is 4.57 Å². The van der Waals surface area contributed by atoms with Crippen LogP contribution in [0.1, 0.15) is 44.5 Å². The topological polar surface area (TPSA) is 133 Å². The molecule has 0 spiro atoms. The zero-order chi connectivity index (χ0) is 22.1. The molecule has 0 bridgehead atoms. The predicted molar refractivity (Wildman–Crippen MR) is 116 cm³/mol. The molecule has 160 valence electrons. The van der Waals surface area contributed by atoms with Gasteiger partial charge in [-0.3, -0.25) is 14.3 Å². The van der Waals surface area contributed by atoms with Crippen LogP contribution in [-0.4, -0.2) is 27.9 Å². The molecule has 0 fully saturated rings. The van der Waals surface area contributed by atoms with Gasteiger partial charge in [-0.05, 0) is 43.5 Å². The van der Waals surface area contributed by atoms with Crippen molar-refractivity contribution in [2.45, 2.75) is 51.1 Å². The molecule has 3 aromatic heterocycles. The van der Waals surface area contributed by atoms with Crippen LogP contribution in [0.4, 0.5) is 5.82 Å². The highest BCUT2D eigenvalue weighted by molar-refractivity contribution is 7.89. The van der Waals surface area contributed by atoms with Crippen LogP contribution in [0, 0.1) is 0 Å². The van der Waals surface area contributed by atoms with Crippen LogP contribution in [0.15, 0.2) is 34.1 Å². The Morgan fingerprint density at radius 2 is 2.00 bits per heavy atom. The predicted octanol–water partition coefficient (Wildman–Crippen LogP) is 2.63. The molecule has 0 saturated heterocycles. The van der Waals surface area contributed by atoms with Crippen LogP contribution in [-0.2, 0) is 23.0 Å². The fourth-order valence-corrected chi connectivity index (χ4v) is 3.69. The van der Waals surface area contributed by atoms with Gasteiger partial charge < -0.3 is 5.32 Å². The van der Waals surface area contributed by atoms with Crippen molar-refractivity contribution in [2.24, 2.45) is 5.14 Å². The summed E-state index contributed by atoms with van der Waals surface area (Å²) in [6.07, 6.45) is 2.59. The Bertz CT molecular complexity index is 1240. The largest absolute Gasteiger partial charge is 0.360 e. The second kappa shape index (κ2) is 8.66. The summed E-state index contributed by atoms with van der Waals surface area (Å²) in [6.45, 7) is 6.06. The summed E-state index contributed by atoms with van der Waals surface area (Å²) in [5.74, 6) is 0.159. The molecule has 9 nitrogen and oxygen atoms in total. The number of aromatic nitrogens is 4. The van der Waals surface area contributed by atoms with Crippen LogP contribution < -0.4 is 16.0 Å². The van der Waals surface area contributed by atoms with Gasteiger partial charge in [0.2, 0.25) is 10.0 Å². The number of hydrogen-bond donors (Lipinski definition) is 2. The molecule has 0 amide bonds. The van der Waals surface area contributed by atoms with Gasteiger partial charge in [-0.1, -0.05) is 25.4 Å². The molecule has 0 radical (unpaired) electrons. The van der Waals surface area contributed by atoms with Crippen molar-refractivity contribution in [3.63, 3.8) is 0 Å². The first-order valence-corrected chi connectivity index (χ1v) is 11.4. The molecule has 30 heavy (non-hydrogen) atoms. The van der Waals surface area contributed by atoms with Crippen molar-refractivity contribution in [1.82, 2.24) is 19.5 Å². The second-order valence-electron chi connectivity index (χ2n) is 6.91. The van der Waals surface area contributed by atoms with E-state index in [4.69, 9.17) is 16.7 Å². The lowest BCUT2D eigenvalue weighted by molar-refractivity contribution is 0.526. The number of primary sulfonamides is 1. The lowest BCUT2D eigenvalue weighted by Crippen LogP contribution is -2.28. The fraction of sp³-hybridized carbons (Fsp3) is 0.368. The van der Waals surface area contributed by atoms with Crippen LogP contribution in [0.5, 0.6) is 0 Å². The number of hydrogen-bond acceptors (Lipinski definition) is 7. The third kappa shape index (κ3) is 4.45. The third-order valence-electron chi connectivity index (χ3n) is 4.87. The van der Waals surface area contributed by atoms with E-state index in [9.17, 15) is 13.2 Å². The summed E-state index contributed by atoms with van der Waals surface area (Å²) in [5, 5.41) is 8.45. The van der Waals surface area contributed by atoms with E-state index in [0.717, 1.165) is 12.0 Å². The summed E-state index contributed by atoms with van der Waals surface area (Å²) in [5.41, 5.74) is 2.07. The van der Waals surface area contributed by atoms with E-state index in [0.29, 0.717) is 28.4 Å². The normalized spacial score (nSPS) is 12.8. The molecular weight excluding hydrogens is 428 g/mol. The van der Waals surface area contributed by atoms with Crippen molar-refractivity contribution < 1.29 is 8.42 Å². The van der Waals surface area contributed by atoms with Gasteiger partial charge in [-0.15, -0.1) is 0 Å². The maximum atomic E-state index is 13.1. The minimum absolute atomic E-state index is 0.0794. The molecule has 0 aromatic carbocycles. The number of aryl methyl sites for hydroxylation is 1. The first-order chi connectivity index (χ1) is 14.2. The van der Waals surface area contributed by atoms with Crippen molar-refractivity contribution in [3.8, 4) is 0 Å². The number of nitrogens with zero attached hydrogens (tertiary/aromatic N) is 4. The van der Waals surface area contributed by atoms with Crippen molar-refractivity contribution in [3.05, 3.63) is 51.2 Å². The summed E-state index contributed by atoms with van der Waals surface area (Å²) in [6, 6.07) is 4.63. The molecule has 1 atom stereocenters. The van der Waals surface area contributed by atoms with Crippen LogP contribution in [0.25, 0.3) is 11.2 Å². The molecule has 0 aliphatic rings. The number of anilines is 1. The number of fused-ring (bicyclic) bond motifs is 1. The molecule has 0 saturated carbocycles. The van der Waals surface area contributed by atoms with Crippen molar-refractivity contribution >= 4 is 38.6 Å². The molecular formula is C19H23ClN6O3S. The van der Waals surface area contributed by atoms with Crippen molar-refractivity contribution in [2.75, 3.05) is 5.32 Å². The molecule has 0 aliphatic heterocycles. The van der Waals surface area contributed by atoms with Gasteiger partial charge in [0.05, 0.1) is 12.2 Å². The quantitative estimate of drug-likeness (QED) is 0.528. The van der Waals surface area contributed by atoms with Gasteiger partial charge in [0, 0.05) is 12.2 Å². The third-order valence-corrected chi connectivity index (χ3v) is 6.09.